The van der Waals surface area contributed by atoms with E-state index in [4.69, 9.17) is 14.6 Å². The van der Waals surface area contributed by atoms with Crippen LogP contribution in [0.25, 0.3) is 0 Å². The molecule has 0 bridgehead atoms. The number of carboxylic acids is 1. The molecule has 2 N–H and O–H groups in total. The summed E-state index contributed by atoms with van der Waals surface area (Å²) in [6, 6.07) is 5.71. The van der Waals surface area contributed by atoms with Crippen molar-refractivity contribution in [1.82, 2.24) is 5.32 Å². The highest BCUT2D eigenvalue weighted by molar-refractivity contribution is 5.62. The maximum Gasteiger partial charge on any atom is 0.404 e. The Morgan fingerprint density at radius 2 is 1.76 bits per heavy atom. The molecule has 142 valence electrons. The van der Waals surface area contributed by atoms with Gasteiger partial charge in [-0.2, -0.15) is 13.2 Å². The number of hydrogen-bond donors (Lipinski definition) is 2. The predicted molar refractivity (Wildman–Crippen MR) is 89.6 cm³/mol. The molecule has 1 atom stereocenters. The van der Waals surface area contributed by atoms with E-state index in [2.05, 4.69) is 5.32 Å². The highest BCUT2D eigenvalue weighted by Crippen LogP contribution is 2.34. The van der Waals surface area contributed by atoms with Gasteiger partial charge in [0.2, 0.25) is 0 Å². The summed E-state index contributed by atoms with van der Waals surface area (Å²) in [5.41, 5.74) is 0.834. The Hall–Kier alpha value is -1.76. The first-order chi connectivity index (χ1) is 11.7. The lowest BCUT2D eigenvalue weighted by Crippen LogP contribution is -2.47. The largest absolute Gasteiger partial charge is 0.497 e. The lowest BCUT2D eigenvalue weighted by Gasteiger charge is -2.32. The van der Waals surface area contributed by atoms with Crippen LogP contribution in [-0.2, 0) is 11.3 Å². The maximum absolute atomic E-state index is 13.2. The smallest absolute Gasteiger partial charge is 0.404 e. The van der Waals surface area contributed by atoms with Crippen molar-refractivity contribution in [3.8, 4) is 5.75 Å². The zero-order valence-electron chi connectivity index (χ0n) is 14.6. The third-order valence-electron chi connectivity index (χ3n) is 4.16. The number of methoxy groups -OCH3 is 1. The topological polar surface area (TPSA) is 58.6 Å². The Labute approximate surface area is 146 Å². The van der Waals surface area contributed by atoms with Gasteiger partial charge >= 0.3 is 6.18 Å². The molecular weight excluding hydrogens is 335 g/mol. The van der Waals surface area contributed by atoms with Crippen molar-refractivity contribution in [1.29, 1.82) is 0 Å². The molecule has 0 aliphatic heterocycles. The van der Waals surface area contributed by atoms with Crippen LogP contribution in [0.4, 0.5) is 13.2 Å². The van der Waals surface area contributed by atoms with Gasteiger partial charge in [-0.1, -0.05) is 31.4 Å². The standard InChI is InChI=1S/C16H22F3NO.C2H4O2/c1-21-14-9-7-12(8-10-14)11-20-15(16(17,18)19)13-5-3-2-4-6-13;1-2(3)4/h7-10,13,15,20H,2-6,11H2,1H3;1H3,(H,3,4). The molecule has 1 fully saturated rings. The maximum atomic E-state index is 13.2. The van der Waals surface area contributed by atoms with Gasteiger partial charge in [0.25, 0.3) is 5.97 Å². The third-order valence-corrected chi connectivity index (χ3v) is 4.16. The lowest BCUT2D eigenvalue weighted by atomic mass is 9.83. The molecule has 1 unspecified atom stereocenters. The minimum absolute atomic E-state index is 0.227. The number of carboxylic acid groups (broad SMARTS) is 1. The average molecular weight is 361 g/mol. The second kappa shape index (κ2) is 10.3. The quantitative estimate of drug-likeness (QED) is 0.817. The molecule has 2 rings (SSSR count). The minimum Gasteiger partial charge on any atom is -0.497 e. The molecule has 1 aliphatic carbocycles. The van der Waals surface area contributed by atoms with Gasteiger partial charge in [0.1, 0.15) is 11.8 Å². The van der Waals surface area contributed by atoms with Gasteiger partial charge < -0.3 is 15.2 Å². The predicted octanol–water partition coefficient (Wildman–Crippen LogP) is 4.39. The Balaban J connectivity index is 0.000000705. The minimum atomic E-state index is -4.19. The van der Waals surface area contributed by atoms with Crippen LogP contribution in [0.3, 0.4) is 0 Å². The van der Waals surface area contributed by atoms with E-state index in [0.717, 1.165) is 31.7 Å². The molecule has 1 aliphatic rings. The molecule has 0 aromatic heterocycles. The number of alkyl halides is 3. The van der Waals surface area contributed by atoms with Gasteiger partial charge in [-0.3, -0.25) is 4.79 Å². The van der Waals surface area contributed by atoms with Crippen LogP contribution in [0.15, 0.2) is 24.3 Å². The zero-order chi connectivity index (χ0) is 18.9. The number of nitrogens with one attached hydrogen (secondary N) is 1. The van der Waals surface area contributed by atoms with Gasteiger partial charge in [-0.05, 0) is 36.5 Å². The highest BCUT2D eigenvalue weighted by Gasteiger charge is 2.44. The number of carbonyl (C=O) groups is 1. The molecular formula is C18H26F3NO3. The van der Waals surface area contributed by atoms with Crippen LogP contribution in [-0.4, -0.2) is 30.4 Å². The highest BCUT2D eigenvalue weighted by atomic mass is 19.4. The molecule has 0 heterocycles. The summed E-state index contributed by atoms with van der Waals surface area (Å²) in [7, 11) is 1.57. The SMILES string of the molecule is CC(=O)O.COc1ccc(CNC(C2CCCCC2)C(F)(F)F)cc1. The molecule has 25 heavy (non-hydrogen) atoms. The second-order valence-electron chi connectivity index (χ2n) is 6.17. The summed E-state index contributed by atoms with van der Waals surface area (Å²) in [6.07, 6.45) is 0.0105. The Bertz CT molecular complexity index is 507. The van der Waals surface area contributed by atoms with Crippen molar-refractivity contribution in [2.75, 3.05) is 7.11 Å². The molecule has 1 saturated carbocycles. The normalized spacial score (nSPS) is 16.5. The van der Waals surface area contributed by atoms with E-state index in [1.165, 1.54) is 0 Å². The molecule has 0 spiro atoms. The van der Waals surface area contributed by atoms with E-state index >= 15 is 0 Å². The first-order valence-electron chi connectivity index (χ1n) is 8.36. The molecule has 0 saturated heterocycles. The van der Waals surface area contributed by atoms with E-state index < -0.39 is 18.2 Å². The number of rotatable bonds is 5. The molecule has 4 nitrogen and oxygen atoms in total. The summed E-state index contributed by atoms with van der Waals surface area (Å²) in [5, 5.41) is 10.1. The molecule has 0 amide bonds. The van der Waals surface area contributed by atoms with Crippen LogP contribution >= 0.6 is 0 Å². The van der Waals surface area contributed by atoms with Crippen molar-refractivity contribution in [3.05, 3.63) is 29.8 Å². The molecule has 1 aromatic rings. The van der Waals surface area contributed by atoms with Gasteiger partial charge in [-0.15, -0.1) is 0 Å². The van der Waals surface area contributed by atoms with Gasteiger partial charge in [-0.25, -0.2) is 0 Å². The van der Waals surface area contributed by atoms with Crippen LogP contribution in [0.2, 0.25) is 0 Å². The number of hydrogen-bond acceptors (Lipinski definition) is 3. The van der Waals surface area contributed by atoms with Crippen molar-refractivity contribution in [3.63, 3.8) is 0 Å². The van der Waals surface area contributed by atoms with E-state index in [1.54, 1.807) is 31.4 Å². The summed E-state index contributed by atoms with van der Waals surface area (Å²) in [4.78, 5) is 9.00. The first kappa shape index (κ1) is 21.3. The second-order valence-corrected chi connectivity index (χ2v) is 6.17. The van der Waals surface area contributed by atoms with Crippen LogP contribution in [0, 0.1) is 5.92 Å². The van der Waals surface area contributed by atoms with E-state index in [9.17, 15) is 13.2 Å². The fourth-order valence-electron chi connectivity index (χ4n) is 2.99. The van der Waals surface area contributed by atoms with Crippen LogP contribution in [0.1, 0.15) is 44.6 Å². The summed E-state index contributed by atoms with van der Waals surface area (Å²) >= 11 is 0. The third kappa shape index (κ3) is 8.25. The van der Waals surface area contributed by atoms with E-state index in [1.807, 2.05) is 0 Å². The number of aliphatic carboxylic acids is 1. The number of benzene rings is 1. The Morgan fingerprint density at radius 1 is 1.24 bits per heavy atom. The molecule has 0 radical (unpaired) electrons. The van der Waals surface area contributed by atoms with E-state index in [0.29, 0.717) is 18.6 Å². The van der Waals surface area contributed by atoms with Crippen molar-refractivity contribution < 1.29 is 27.8 Å². The Morgan fingerprint density at radius 3 is 2.20 bits per heavy atom. The van der Waals surface area contributed by atoms with Crippen molar-refractivity contribution in [2.45, 2.75) is 57.8 Å². The molecule has 1 aromatic carbocycles. The zero-order valence-corrected chi connectivity index (χ0v) is 14.6. The van der Waals surface area contributed by atoms with Crippen LogP contribution in [0.5, 0.6) is 5.75 Å². The summed E-state index contributed by atoms with van der Waals surface area (Å²) in [5.74, 6) is -0.421. The van der Waals surface area contributed by atoms with Crippen LogP contribution < -0.4 is 10.1 Å². The number of ether oxygens (including phenoxy) is 1. The summed E-state index contributed by atoms with van der Waals surface area (Å²) in [6.45, 7) is 1.31. The molecule has 7 heteroatoms. The lowest BCUT2D eigenvalue weighted by molar-refractivity contribution is -0.170. The summed E-state index contributed by atoms with van der Waals surface area (Å²) < 4.78 is 44.8. The van der Waals surface area contributed by atoms with Gasteiger partial charge in [0.15, 0.2) is 0 Å². The number of halogens is 3. The fraction of sp³-hybridized carbons (Fsp3) is 0.611. The first-order valence-corrected chi connectivity index (χ1v) is 8.36. The fourth-order valence-corrected chi connectivity index (χ4v) is 2.99. The van der Waals surface area contributed by atoms with Crippen molar-refractivity contribution >= 4 is 5.97 Å². The van der Waals surface area contributed by atoms with E-state index in [-0.39, 0.29) is 12.5 Å². The average Bonchev–Trinajstić information content (AvgIpc) is 2.55. The van der Waals surface area contributed by atoms with Crippen molar-refractivity contribution in [2.24, 2.45) is 5.92 Å². The Kier molecular flexibility index (Phi) is 8.75. The monoisotopic (exact) mass is 361 g/mol. The van der Waals surface area contributed by atoms with Gasteiger partial charge in [0.05, 0.1) is 7.11 Å². The van der Waals surface area contributed by atoms with Gasteiger partial charge in [0, 0.05) is 13.5 Å².